The van der Waals surface area contributed by atoms with Crippen LogP contribution in [0.25, 0.3) is 11.1 Å². The smallest absolute Gasteiger partial charge is 0.338 e. The number of phenols is 1. The van der Waals surface area contributed by atoms with Gasteiger partial charge in [-0.25, -0.2) is 4.79 Å². The third-order valence-corrected chi connectivity index (χ3v) is 4.41. The molecule has 2 amide bonds. The molecule has 152 valence electrons. The lowest BCUT2D eigenvalue weighted by Crippen LogP contribution is -2.30. The Balaban J connectivity index is 1.59. The van der Waals surface area contributed by atoms with Crippen LogP contribution in [-0.4, -0.2) is 29.0 Å². The highest BCUT2D eigenvalue weighted by Crippen LogP contribution is 2.22. The Kier molecular flexibility index (Phi) is 6.12. The van der Waals surface area contributed by atoms with Gasteiger partial charge in [0.1, 0.15) is 5.75 Å². The summed E-state index contributed by atoms with van der Waals surface area (Å²) in [5.74, 6) is -1.52. The van der Waals surface area contributed by atoms with Crippen molar-refractivity contribution in [1.82, 2.24) is 0 Å². The Bertz CT molecular complexity index is 1060. The number of esters is 1. The number of nitrogens with one attached hydrogen (secondary N) is 1. The molecule has 3 aromatic rings. The van der Waals surface area contributed by atoms with E-state index < -0.39 is 23.9 Å². The molecule has 0 aliphatic rings. The summed E-state index contributed by atoms with van der Waals surface area (Å²) in [5, 5.41) is 12.0. The van der Waals surface area contributed by atoms with Gasteiger partial charge in [-0.2, -0.15) is 0 Å². The zero-order chi connectivity index (χ0) is 21.7. The van der Waals surface area contributed by atoms with Crippen molar-refractivity contribution >= 4 is 23.5 Å². The number of rotatable bonds is 6. The Hall–Kier alpha value is -4.13. The summed E-state index contributed by atoms with van der Waals surface area (Å²) in [5.41, 5.74) is 8.02. The van der Waals surface area contributed by atoms with E-state index in [1.165, 1.54) is 31.2 Å². The fourth-order valence-electron chi connectivity index (χ4n) is 2.70. The summed E-state index contributed by atoms with van der Waals surface area (Å²) in [6.07, 6.45) is -1.02. The van der Waals surface area contributed by atoms with Crippen LogP contribution in [0.4, 0.5) is 5.69 Å². The van der Waals surface area contributed by atoms with Gasteiger partial charge in [0.05, 0.1) is 5.56 Å². The van der Waals surface area contributed by atoms with Crippen molar-refractivity contribution in [2.24, 2.45) is 5.73 Å². The SMILES string of the molecule is C[C@@H](OC(=O)c1ccc(-c2ccc(O)cc2)cc1)C(=O)Nc1ccc(C(N)=O)cc1. The van der Waals surface area contributed by atoms with E-state index in [9.17, 15) is 19.5 Å². The highest BCUT2D eigenvalue weighted by Gasteiger charge is 2.19. The van der Waals surface area contributed by atoms with Crippen molar-refractivity contribution in [3.63, 3.8) is 0 Å². The summed E-state index contributed by atoms with van der Waals surface area (Å²) in [6.45, 7) is 1.47. The topological polar surface area (TPSA) is 119 Å². The largest absolute Gasteiger partial charge is 0.508 e. The van der Waals surface area contributed by atoms with E-state index in [0.29, 0.717) is 16.8 Å². The molecule has 4 N–H and O–H groups in total. The van der Waals surface area contributed by atoms with E-state index in [2.05, 4.69) is 5.32 Å². The van der Waals surface area contributed by atoms with Gasteiger partial charge < -0.3 is 20.9 Å². The number of anilines is 1. The lowest BCUT2D eigenvalue weighted by Gasteiger charge is -2.14. The van der Waals surface area contributed by atoms with Crippen LogP contribution in [0.5, 0.6) is 5.75 Å². The molecule has 0 aliphatic heterocycles. The molecule has 0 saturated carbocycles. The van der Waals surface area contributed by atoms with Gasteiger partial charge >= 0.3 is 5.97 Å². The fourth-order valence-corrected chi connectivity index (χ4v) is 2.70. The Morgan fingerprint density at radius 3 is 1.87 bits per heavy atom. The number of benzene rings is 3. The van der Waals surface area contributed by atoms with Crippen LogP contribution >= 0.6 is 0 Å². The minimum Gasteiger partial charge on any atom is -0.508 e. The molecule has 7 heteroatoms. The van der Waals surface area contributed by atoms with Crippen LogP contribution in [0.1, 0.15) is 27.6 Å². The first kappa shape index (κ1) is 20.6. The first-order chi connectivity index (χ1) is 14.3. The maximum Gasteiger partial charge on any atom is 0.338 e. The molecule has 0 aliphatic carbocycles. The molecule has 0 spiro atoms. The minimum atomic E-state index is -1.02. The van der Waals surface area contributed by atoms with Gasteiger partial charge in [0.2, 0.25) is 5.91 Å². The molecule has 0 saturated heterocycles. The van der Waals surface area contributed by atoms with E-state index in [-0.39, 0.29) is 5.75 Å². The molecule has 0 bridgehead atoms. The van der Waals surface area contributed by atoms with Crippen LogP contribution in [0.15, 0.2) is 72.8 Å². The molecular formula is C23H20N2O5. The van der Waals surface area contributed by atoms with Crippen molar-refractivity contribution in [2.75, 3.05) is 5.32 Å². The molecule has 0 heterocycles. The number of hydrogen-bond donors (Lipinski definition) is 3. The van der Waals surface area contributed by atoms with Crippen molar-refractivity contribution in [3.05, 3.63) is 83.9 Å². The number of ether oxygens (including phenoxy) is 1. The van der Waals surface area contributed by atoms with Gasteiger partial charge in [-0.3, -0.25) is 9.59 Å². The number of amides is 2. The van der Waals surface area contributed by atoms with Crippen LogP contribution in [0, 0.1) is 0 Å². The summed E-state index contributed by atoms with van der Waals surface area (Å²) >= 11 is 0. The van der Waals surface area contributed by atoms with Gasteiger partial charge in [-0.15, -0.1) is 0 Å². The highest BCUT2D eigenvalue weighted by atomic mass is 16.5. The number of primary amides is 1. The molecule has 1 atom stereocenters. The van der Waals surface area contributed by atoms with Crippen LogP contribution in [0.3, 0.4) is 0 Å². The molecular weight excluding hydrogens is 384 g/mol. The number of phenolic OH excluding ortho intramolecular Hbond substituents is 1. The number of hydrogen-bond acceptors (Lipinski definition) is 5. The maximum atomic E-state index is 12.3. The second-order valence-electron chi connectivity index (χ2n) is 6.60. The standard InChI is InChI=1S/C23H20N2O5/c1-14(22(28)25-19-10-6-17(7-11-19)21(24)27)30-23(29)18-4-2-15(3-5-18)16-8-12-20(26)13-9-16/h2-14,26H,1H3,(H2,24,27)(H,25,28)/t14-/m1/s1. The van der Waals surface area contributed by atoms with E-state index in [1.807, 2.05) is 0 Å². The Morgan fingerprint density at radius 2 is 1.33 bits per heavy atom. The minimum absolute atomic E-state index is 0.176. The lowest BCUT2D eigenvalue weighted by molar-refractivity contribution is -0.123. The predicted molar refractivity (Wildman–Crippen MR) is 112 cm³/mol. The average molecular weight is 404 g/mol. The third kappa shape index (κ3) is 5.02. The van der Waals surface area contributed by atoms with Crippen LogP contribution < -0.4 is 11.1 Å². The number of aromatic hydroxyl groups is 1. The molecule has 3 aromatic carbocycles. The van der Waals surface area contributed by atoms with E-state index in [4.69, 9.17) is 10.5 Å². The molecule has 30 heavy (non-hydrogen) atoms. The van der Waals surface area contributed by atoms with Gasteiger partial charge in [0.25, 0.3) is 5.91 Å². The predicted octanol–water partition coefficient (Wildman–Crippen LogP) is 3.34. The Morgan fingerprint density at radius 1 is 0.833 bits per heavy atom. The van der Waals surface area contributed by atoms with E-state index >= 15 is 0 Å². The molecule has 0 aromatic heterocycles. The quantitative estimate of drug-likeness (QED) is 0.545. The average Bonchev–Trinajstić information content (AvgIpc) is 2.74. The highest BCUT2D eigenvalue weighted by molar-refractivity contribution is 5.98. The van der Waals surface area contributed by atoms with Gasteiger partial charge in [0.15, 0.2) is 6.10 Å². The van der Waals surface area contributed by atoms with Gasteiger partial charge in [-0.05, 0) is 66.6 Å². The van der Waals surface area contributed by atoms with Gasteiger partial charge in [0, 0.05) is 11.3 Å². The number of carbonyl (C=O) groups is 3. The molecule has 3 rings (SSSR count). The zero-order valence-corrected chi connectivity index (χ0v) is 16.2. The van der Waals surface area contributed by atoms with Crippen molar-refractivity contribution in [1.29, 1.82) is 0 Å². The number of carbonyl (C=O) groups excluding carboxylic acids is 3. The third-order valence-electron chi connectivity index (χ3n) is 4.41. The van der Waals surface area contributed by atoms with Crippen LogP contribution in [-0.2, 0) is 9.53 Å². The van der Waals surface area contributed by atoms with E-state index in [1.54, 1.807) is 48.5 Å². The first-order valence-corrected chi connectivity index (χ1v) is 9.14. The van der Waals surface area contributed by atoms with Crippen LogP contribution in [0.2, 0.25) is 0 Å². The second kappa shape index (κ2) is 8.91. The van der Waals surface area contributed by atoms with E-state index in [0.717, 1.165) is 11.1 Å². The zero-order valence-electron chi connectivity index (χ0n) is 16.2. The van der Waals surface area contributed by atoms with Gasteiger partial charge in [-0.1, -0.05) is 24.3 Å². The molecule has 0 radical (unpaired) electrons. The first-order valence-electron chi connectivity index (χ1n) is 9.14. The summed E-state index contributed by atoms with van der Waals surface area (Å²) in [6, 6.07) is 19.5. The normalized spacial score (nSPS) is 11.4. The van der Waals surface area contributed by atoms with Crippen molar-refractivity contribution in [2.45, 2.75) is 13.0 Å². The Labute approximate surface area is 173 Å². The molecule has 7 nitrogen and oxygen atoms in total. The second-order valence-corrected chi connectivity index (χ2v) is 6.60. The summed E-state index contributed by atoms with van der Waals surface area (Å²) < 4.78 is 5.24. The number of nitrogens with two attached hydrogens (primary N) is 1. The van der Waals surface area contributed by atoms with Crippen molar-refractivity contribution < 1.29 is 24.2 Å². The molecule has 0 unspecified atom stereocenters. The van der Waals surface area contributed by atoms with Crippen molar-refractivity contribution in [3.8, 4) is 16.9 Å². The monoisotopic (exact) mass is 404 g/mol. The summed E-state index contributed by atoms with van der Waals surface area (Å²) in [7, 11) is 0. The molecule has 0 fully saturated rings. The fraction of sp³-hybridized carbons (Fsp3) is 0.0870. The summed E-state index contributed by atoms with van der Waals surface area (Å²) in [4.78, 5) is 35.7. The lowest BCUT2D eigenvalue weighted by atomic mass is 10.0. The maximum absolute atomic E-state index is 12.3.